The van der Waals surface area contributed by atoms with Crippen molar-refractivity contribution in [3.63, 3.8) is 0 Å². The van der Waals surface area contributed by atoms with Crippen molar-refractivity contribution < 1.29 is 23.9 Å². The van der Waals surface area contributed by atoms with Crippen molar-refractivity contribution in [2.75, 3.05) is 20.3 Å². The second-order valence-electron chi connectivity index (χ2n) is 5.75. The predicted molar refractivity (Wildman–Crippen MR) is 99.3 cm³/mol. The maximum Gasteiger partial charge on any atom is 0.325 e. The van der Waals surface area contributed by atoms with Gasteiger partial charge in [-0.25, -0.2) is 0 Å². The third-order valence-corrected chi connectivity index (χ3v) is 3.85. The van der Waals surface area contributed by atoms with Gasteiger partial charge in [0.2, 0.25) is 0 Å². The molecule has 27 heavy (non-hydrogen) atoms. The molecule has 142 valence electrons. The van der Waals surface area contributed by atoms with Crippen molar-refractivity contribution in [1.82, 2.24) is 10.6 Å². The smallest absolute Gasteiger partial charge is 0.325 e. The minimum atomic E-state index is -0.704. The molecule has 0 aliphatic rings. The summed E-state index contributed by atoms with van der Waals surface area (Å²) in [4.78, 5) is 35.6. The molecule has 2 amide bonds. The first kappa shape index (κ1) is 20.0. The average molecular weight is 370 g/mol. The van der Waals surface area contributed by atoms with Crippen molar-refractivity contribution in [3.05, 3.63) is 65.2 Å². The lowest BCUT2D eigenvalue weighted by Gasteiger charge is -2.10. The van der Waals surface area contributed by atoms with Crippen molar-refractivity contribution in [2.24, 2.45) is 0 Å². The van der Waals surface area contributed by atoms with E-state index in [9.17, 15) is 14.4 Å². The number of esters is 1. The zero-order valence-corrected chi connectivity index (χ0v) is 15.3. The molecule has 0 bridgehead atoms. The van der Waals surface area contributed by atoms with Gasteiger partial charge in [0, 0.05) is 6.54 Å². The van der Waals surface area contributed by atoms with Gasteiger partial charge in [-0.2, -0.15) is 0 Å². The molecule has 0 aliphatic heterocycles. The van der Waals surface area contributed by atoms with Crippen molar-refractivity contribution in [3.8, 4) is 5.75 Å². The Labute approximate surface area is 157 Å². The lowest BCUT2D eigenvalue weighted by Crippen LogP contribution is -2.34. The van der Waals surface area contributed by atoms with Crippen molar-refractivity contribution in [1.29, 1.82) is 0 Å². The fourth-order valence-electron chi connectivity index (χ4n) is 2.33. The van der Waals surface area contributed by atoms with Crippen LogP contribution in [0.25, 0.3) is 0 Å². The lowest BCUT2D eigenvalue weighted by atomic mass is 10.1. The van der Waals surface area contributed by atoms with E-state index in [-0.39, 0.29) is 6.54 Å². The predicted octanol–water partition coefficient (Wildman–Crippen LogP) is 1.59. The highest BCUT2D eigenvalue weighted by molar-refractivity contribution is 5.98. The minimum absolute atomic E-state index is 0.309. The van der Waals surface area contributed by atoms with E-state index in [4.69, 9.17) is 9.47 Å². The van der Waals surface area contributed by atoms with E-state index in [1.165, 1.54) is 7.11 Å². The molecule has 0 aliphatic carbocycles. The molecule has 7 heteroatoms. The molecule has 0 atom stereocenters. The highest BCUT2D eigenvalue weighted by atomic mass is 16.5. The molecule has 0 fully saturated rings. The summed E-state index contributed by atoms with van der Waals surface area (Å²) in [7, 11) is 1.45. The summed E-state index contributed by atoms with van der Waals surface area (Å²) in [5, 5.41) is 5.12. The number of amides is 2. The van der Waals surface area contributed by atoms with Crippen LogP contribution < -0.4 is 15.4 Å². The number of benzene rings is 2. The highest BCUT2D eigenvalue weighted by Gasteiger charge is 2.14. The van der Waals surface area contributed by atoms with E-state index in [1.54, 1.807) is 24.3 Å². The number of aryl methyl sites for hydroxylation is 1. The van der Waals surface area contributed by atoms with Crippen molar-refractivity contribution in [2.45, 2.75) is 13.5 Å². The van der Waals surface area contributed by atoms with Gasteiger partial charge in [-0.15, -0.1) is 0 Å². The molecule has 0 unspecified atom stereocenters. The standard InChI is InChI=1S/C20H22N2O5/c1-14-7-3-4-8-15(14)11-21-18(23)13-27-19(24)12-22-20(25)16-9-5-6-10-17(16)26-2/h3-10H,11-13H2,1-2H3,(H,21,23)(H,22,25). The maximum absolute atomic E-state index is 12.1. The zero-order valence-electron chi connectivity index (χ0n) is 15.3. The van der Waals surface area contributed by atoms with Gasteiger partial charge < -0.3 is 20.1 Å². The number of carbonyl (C=O) groups is 3. The first-order valence-electron chi connectivity index (χ1n) is 8.39. The van der Waals surface area contributed by atoms with Gasteiger partial charge in [-0.3, -0.25) is 14.4 Å². The van der Waals surface area contributed by atoms with Crippen LogP contribution >= 0.6 is 0 Å². The molecule has 2 N–H and O–H groups in total. The number of para-hydroxylation sites is 1. The zero-order chi connectivity index (χ0) is 19.6. The largest absolute Gasteiger partial charge is 0.496 e. The van der Waals surface area contributed by atoms with E-state index in [2.05, 4.69) is 10.6 Å². The van der Waals surface area contributed by atoms with E-state index in [0.717, 1.165) is 11.1 Å². The average Bonchev–Trinajstić information content (AvgIpc) is 2.69. The van der Waals surface area contributed by atoms with Gasteiger partial charge in [-0.05, 0) is 30.2 Å². The number of ether oxygens (including phenoxy) is 2. The Morgan fingerprint density at radius 2 is 1.67 bits per heavy atom. The van der Waals surface area contributed by atoms with Crippen LogP contribution in [-0.4, -0.2) is 38.0 Å². The molecule has 0 radical (unpaired) electrons. The third-order valence-electron chi connectivity index (χ3n) is 3.85. The van der Waals surface area contributed by atoms with Crippen LogP contribution in [0.2, 0.25) is 0 Å². The molecular weight excluding hydrogens is 348 g/mol. The molecule has 2 rings (SSSR count). The summed E-state index contributed by atoms with van der Waals surface area (Å²) in [6, 6.07) is 14.3. The molecular formula is C20H22N2O5. The molecule has 0 aromatic heterocycles. The van der Waals surface area contributed by atoms with Crippen LogP contribution in [-0.2, 0) is 20.9 Å². The van der Waals surface area contributed by atoms with Crippen LogP contribution in [0.5, 0.6) is 5.75 Å². The molecule has 2 aromatic rings. The second-order valence-corrected chi connectivity index (χ2v) is 5.75. The van der Waals surface area contributed by atoms with Gasteiger partial charge in [0.1, 0.15) is 12.3 Å². The Morgan fingerprint density at radius 1 is 0.963 bits per heavy atom. The van der Waals surface area contributed by atoms with Gasteiger partial charge in [-0.1, -0.05) is 36.4 Å². The van der Waals surface area contributed by atoms with Crippen LogP contribution in [0, 0.1) is 6.92 Å². The molecule has 2 aromatic carbocycles. The van der Waals surface area contributed by atoms with E-state index < -0.39 is 24.4 Å². The fourth-order valence-corrected chi connectivity index (χ4v) is 2.33. The Morgan fingerprint density at radius 3 is 2.41 bits per heavy atom. The summed E-state index contributed by atoms with van der Waals surface area (Å²) in [5.74, 6) is -1.18. The fraction of sp³-hybridized carbons (Fsp3) is 0.250. The quantitative estimate of drug-likeness (QED) is 0.689. The summed E-state index contributed by atoms with van der Waals surface area (Å²) in [5.41, 5.74) is 2.36. The summed E-state index contributed by atoms with van der Waals surface area (Å²) >= 11 is 0. The molecule has 7 nitrogen and oxygen atoms in total. The van der Waals surface area contributed by atoms with Crippen LogP contribution in [0.1, 0.15) is 21.5 Å². The number of hydrogen-bond donors (Lipinski definition) is 2. The second kappa shape index (κ2) is 9.96. The summed E-state index contributed by atoms with van der Waals surface area (Å²) in [6.45, 7) is 1.55. The lowest BCUT2D eigenvalue weighted by molar-refractivity contribution is -0.147. The number of carbonyl (C=O) groups excluding carboxylic acids is 3. The normalized spacial score (nSPS) is 10.0. The molecule has 0 heterocycles. The maximum atomic E-state index is 12.1. The van der Waals surface area contributed by atoms with E-state index >= 15 is 0 Å². The Bertz CT molecular complexity index is 820. The van der Waals surface area contributed by atoms with Gasteiger partial charge >= 0.3 is 5.97 Å². The van der Waals surface area contributed by atoms with Crippen LogP contribution in [0.15, 0.2) is 48.5 Å². The number of hydrogen-bond acceptors (Lipinski definition) is 5. The minimum Gasteiger partial charge on any atom is -0.496 e. The van der Waals surface area contributed by atoms with Gasteiger partial charge in [0.25, 0.3) is 11.8 Å². The Hall–Kier alpha value is -3.35. The van der Waals surface area contributed by atoms with Gasteiger partial charge in [0.05, 0.1) is 12.7 Å². The van der Waals surface area contributed by atoms with E-state index in [1.807, 2.05) is 31.2 Å². The third kappa shape index (κ3) is 6.14. The first-order valence-corrected chi connectivity index (χ1v) is 8.39. The van der Waals surface area contributed by atoms with Crippen LogP contribution in [0.3, 0.4) is 0 Å². The molecule has 0 saturated heterocycles. The van der Waals surface area contributed by atoms with E-state index in [0.29, 0.717) is 17.9 Å². The highest BCUT2D eigenvalue weighted by Crippen LogP contribution is 2.16. The van der Waals surface area contributed by atoms with Crippen LogP contribution in [0.4, 0.5) is 0 Å². The first-order chi connectivity index (χ1) is 13.0. The Balaban J connectivity index is 1.72. The molecule has 0 spiro atoms. The topological polar surface area (TPSA) is 93.7 Å². The molecule has 0 saturated carbocycles. The van der Waals surface area contributed by atoms with Gasteiger partial charge in [0.15, 0.2) is 6.61 Å². The number of methoxy groups -OCH3 is 1. The monoisotopic (exact) mass is 370 g/mol. The summed E-state index contributed by atoms with van der Waals surface area (Å²) in [6.07, 6.45) is 0. The SMILES string of the molecule is COc1ccccc1C(=O)NCC(=O)OCC(=O)NCc1ccccc1C. The number of rotatable bonds is 8. The Kier molecular flexibility index (Phi) is 7.37. The number of nitrogens with one attached hydrogen (secondary N) is 2. The summed E-state index contributed by atoms with van der Waals surface area (Å²) < 4.78 is 9.96. The van der Waals surface area contributed by atoms with Crippen molar-refractivity contribution >= 4 is 17.8 Å².